The van der Waals surface area contributed by atoms with Crippen LogP contribution in [-0.2, 0) is 13.2 Å². The van der Waals surface area contributed by atoms with Crippen LogP contribution in [0.5, 0.6) is 5.75 Å². The van der Waals surface area contributed by atoms with Gasteiger partial charge in [0.2, 0.25) is 5.69 Å². The molecule has 1 aromatic carbocycles. The van der Waals surface area contributed by atoms with Crippen molar-refractivity contribution in [3.8, 4) is 5.75 Å². The molecule has 0 atom stereocenters. The van der Waals surface area contributed by atoms with E-state index in [9.17, 15) is 14.9 Å². The van der Waals surface area contributed by atoms with Crippen LogP contribution >= 0.6 is 0 Å². The third kappa shape index (κ3) is 3.35. The second kappa shape index (κ2) is 6.04. The van der Waals surface area contributed by atoms with E-state index in [4.69, 9.17) is 9.84 Å². The Labute approximate surface area is 119 Å². The standard InChI is InChI=1S/C13H13N3O5/c1-2-9-4-3-5-10(6-9)21-8-15-7-11(16(19)20)12(14-15)13(17)18/h3-7H,2,8H2,1H3,(H,17,18). The Morgan fingerprint density at radius 3 is 2.86 bits per heavy atom. The molecule has 1 heterocycles. The van der Waals surface area contributed by atoms with Crippen LogP contribution in [0.25, 0.3) is 0 Å². The van der Waals surface area contributed by atoms with Crippen LogP contribution < -0.4 is 4.74 Å². The van der Waals surface area contributed by atoms with Crippen molar-refractivity contribution in [1.29, 1.82) is 0 Å². The lowest BCUT2D eigenvalue weighted by Gasteiger charge is -2.06. The van der Waals surface area contributed by atoms with E-state index in [1.54, 1.807) is 6.07 Å². The number of carbonyl (C=O) groups is 1. The van der Waals surface area contributed by atoms with Crippen LogP contribution in [0.15, 0.2) is 30.5 Å². The smallest absolute Gasteiger partial charge is 0.363 e. The van der Waals surface area contributed by atoms with Crippen molar-refractivity contribution in [2.75, 3.05) is 0 Å². The zero-order valence-corrected chi connectivity index (χ0v) is 11.2. The number of rotatable bonds is 6. The third-order valence-electron chi connectivity index (χ3n) is 2.81. The monoisotopic (exact) mass is 291 g/mol. The average Bonchev–Trinajstić information content (AvgIpc) is 2.90. The molecule has 1 N–H and O–H groups in total. The van der Waals surface area contributed by atoms with Crippen molar-refractivity contribution in [2.24, 2.45) is 0 Å². The maximum Gasteiger partial charge on any atom is 0.363 e. The number of aromatic nitrogens is 2. The molecule has 0 unspecified atom stereocenters. The number of hydrogen-bond donors (Lipinski definition) is 1. The van der Waals surface area contributed by atoms with Gasteiger partial charge in [-0.3, -0.25) is 10.1 Å². The van der Waals surface area contributed by atoms with Crippen LogP contribution in [0, 0.1) is 10.1 Å². The third-order valence-corrected chi connectivity index (χ3v) is 2.81. The van der Waals surface area contributed by atoms with E-state index in [0.29, 0.717) is 5.75 Å². The molecule has 8 heteroatoms. The minimum atomic E-state index is -1.45. The van der Waals surface area contributed by atoms with Gasteiger partial charge in [-0.25, -0.2) is 9.48 Å². The summed E-state index contributed by atoms with van der Waals surface area (Å²) in [4.78, 5) is 20.8. The Kier molecular flexibility index (Phi) is 4.17. The Morgan fingerprint density at radius 2 is 2.29 bits per heavy atom. The molecular weight excluding hydrogens is 278 g/mol. The van der Waals surface area contributed by atoms with E-state index in [1.807, 2.05) is 25.1 Å². The topological polar surface area (TPSA) is 107 Å². The number of nitro groups is 1. The lowest BCUT2D eigenvalue weighted by molar-refractivity contribution is -0.385. The summed E-state index contributed by atoms with van der Waals surface area (Å²) in [5.41, 5.74) is -0.0792. The van der Waals surface area contributed by atoms with Crippen LogP contribution in [0.4, 0.5) is 5.69 Å². The quantitative estimate of drug-likeness (QED) is 0.645. The molecule has 0 radical (unpaired) electrons. The van der Waals surface area contributed by atoms with Crippen LogP contribution in [0.3, 0.4) is 0 Å². The number of nitrogens with zero attached hydrogens (tertiary/aromatic N) is 3. The number of carboxylic acid groups (broad SMARTS) is 1. The molecule has 8 nitrogen and oxygen atoms in total. The number of aryl methyl sites for hydroxylation is 1. The molecule has 0 amide bonds. The summed E-state index contributed by atoms with van der Waals surface area (Å²) in [5.74, 6) is -0.863. The van der Waals surface area contributed by atoms with Gasteiger partial charge in [0.1, 0.15) is 11.9 Å². The fraction of sp³-hybridized carbons (Fsp3) is 0.231. The number of carboxylic acids is 1. The van der Waals surface area contributed by atoms with Crippen molar-refractivity contribution in [1.82, 2.24) is 9.78 Å². The summed E-state index contributed by atoms with van der Waals surface area (Å²) >= 11 is 0. The van der Waals surface area contributed by atoms with E-state index >= 15 is 0 Å². The van der Waals surface area contributed by atoms with Crippen molar-refractivity contribution < 1.29 is 19.6 Å². The predicted molar refractivity (Wildman–Crippen MR) is 72.3 cm³/mol. The molecule has 0 aliphatic heterocycles. The second-order valence-electron chi connectivity index (χ2n) is 4.24. The van der Waals surface area contributed by atoms with E-state index in [0.717, 1.165) is 22.9 Å². The van der Waals surface area contributed by atoms with Crippen LogP contribution in [0.1, 0.15) is 23.0 Å². The lowest BCUT2D eigenvalue weighted by Crippen LogP contribution is -2.07. The second-order valence-corrected chi connectivity index (χ2v) is 4.24. The average molecular weight is 291 g/mol. The number of ether oxygens (including phenoxy) is 1. The summed E-state index contributed by atoms with van der Waals surface area (Å²) in [6.07, 6.45) is 1.89. The zero-order valence-electron chi connectivity index (χ0n) is 11.2. The Morgan fingerprint density at radius 1 is 1.52 bits per heavy atom. The first-order valence-corrected chi connectivity index (χ1v) is 6.18. The molecule has 2 rings (SSSR count). The minimum Gasteiger partial charge on any atom is -0.476 e. The molecular formula is C13H13N3O5. The summed E-state index contributed by atoms with van der Waals surface area (Å²) in [5, 5.41) is 23.2. The largest absolute Gasteiger partial charge is 0.476 e. The van der Waals surface area contributed by atoms with Crippen LogP contribution in [-0.4, -0.2) is 25.8 Å². The highest BCUT2D eigenvalue weighted by atomic mass is 16.6. The maximum atomic E-state index is 10.9. The number of aromatic carboxylic acids is 1. The molecule has 0 saturated carbocycles. The first-order valence-electron chi connectivity index (χ1n) is 6.18. The van der Waals surface area contributed by atoms with E-state index in [-0.39, 0.29) is 6.73 Å². The molecule has 0 aliphatic rings. The van der Waals surface area contributed by atoms with Gasteiger partial charge in [-0.2, -0.15) is 5.10 Å². The predicted octanol–water partition coefficient (Wildman–Crippen LogP) is 2.09. The van der Waals surface area contributed by atoms with E-state index in [2.05, 4.69) is 5.10 Å². The van der Waals surface area contributed by atoms with Gasteiger partial charge in [0.05, 0.1) is 4.92 Å². The normalized spacial score (nSPS) is 10.3. The summed E-state index contributed by atoms with van der Waals surface area (Å²) in [7, 11) is 0. The highest BCUT2D eigenvalue weighted by molar-refractivity contribution is 5.89. The van der Waals surface area contributed by atoms with Crippen molar-refractivity contribution in [3.63, 3.8) is 0 Å². The maximum absolute atomic E-state index is 10.9. The van der Waals surface area contributed by atoms with Gasteiger partial charge in [0, 0.05) is 0 Å². The SMILES string of the molecule is CCc1cccc(OCn2cc([N+](=O)[O-])c(C(=O)O)n2)c1. The number of hydrogen-bond acceptors (Lipinski definition) is 5. The van der Waals surface area contributed by atoms with Gasteiger partial charge in [-0.1, -0.05) is 19.1 Å². The van der Waals surface area contributed by atoms with Crippen molar-refractivity contribution >= 4 is 11.7 Å². The molecule has 0 aliphatic carbocycles. The molecule has 2 aromatic rings. The molecule has 21 heavy (non-hydrogen) atoms. The molecule has 0 fully saturated rings. The highest BCUT2D eigenvalue weighted by Crippen LogP contribution is 2.18. The minimum absolute atomic E-state index is 0.110. The van der Waals surface area contributed by atoms with Gasteiger partial charge in [0.25, 0.3) is 0 Å². The van der Waals surface area contributed by atoms with E-state index < -0.39 is 22.3 Å². The highest BCUT2D eigenvalue weighted by Gasteiger charge is 2.25. The summed E-state index contributed by atoms with van der Waals surface area (Å²) in [6, 6.07) is 7.38. The van der Waals surface area contributed by atoms with E-state index in [1.165, 1.54) is 0 Å². The zero-order chi connectivity index (χ0) is 15.4. The first kappa shape index (κ1) is 14.5. The lowest BCUT2D eigenvalue weighted by atomic mass is 10.2. The van der Waals surface area contributed by atoms with Crippen molar-refractivity contribution in [2.45, 2.75) is 20.1 Å². The first-order chi connectivity index (χ1) is 10.0. The van der Waals surface area contributed by atoms with Gasteiger partial charge in [0.15, 0.2) is 6.73 Å². The van der Waals surface area contributed by atoms with Gasteiger partial charge in [-0.05, 0) is 24.1 Å². The molecule has 0 bridgehead atoms. The molecule has 0 spiro atoms. The van der Waals surface area contributed by atoms with Gasteiger partial charge in [-0.15, -0.1) is 0 Å². The van der Waals surface area contributed by atoms with Gasteiger partial charge >= 0.3 is 11.7 Å². The fourth-order valence-corrected chi connectivity index (χ4v) is 1.76. The number of benzene rings is 1. The van der Waals surface area contributed by atoms with Crippen LogP contribution in [0.2, 0.25) is 0 Å². The summed E-state index contributed by atoms with van der Waals surface area (Å²) in [6.45, 7) is 1.90. The fourth-order valence-electron chi connectivity index (χ4n) is 1.76. The Bertz CT molecular complexity index is 649. The van der Waals surface area contributed by atoms with Gasteiger partial charge < -0.3 is 9.84 Å². The summed E-state index contributed by atoms with van der Waals surface area (Å²) < 4.78 is 6.53. The Hall–Kier alpha value is -2.90. The van der Waals surface area contributed by atoms with Crippen molar-refractivity contribution in [3.05, 3.63) is 51.8 Å². The molecule has 110 valence electrons. The molecule has 1 aromatic heterocycles. The molecule has 0 saturated heterocycles. The Balaban J connectivity index is 2.14.